The summed E-state index contributed by atoms with van der Waals surface area (Å²) >= 11 is 0. The van der Waals surface area contributed by atoms with E-state index in [9.17, 15) is 9.18 Å². The van der Waals surface area contributed by atoms with Crippen LogP contribution in [-0.4, -0.2) is 21.0 Å². The van der Waals surface area contributed by atoms with E-state index in [4.69, 9.17) is 5.11 Å². The van der Waals surface area contributed by atoms with Crippen LogP contribution in [0.4, 0.5) is 10.3 Å². The standard InChI is InChI=1S/C15H16FN3O2/c1-8-4-11(5-9(2)13(8)16)6-17-15-18-7-12(14(20)21)10(3)19-15/h4-5,7H,6H2,1-3H3,(H,20,21)(H,17,18,19). The molecule has 2 aromatic rings. The molecular formula is C15H16FN3O2. The zero-order chi connectivity index (χ0) is 15.6. The number of aryl methyl sites for hydroxylation is 3. The molecule has 5 nitrogen and oxygen atoms in total. The average Bonchev–Trinajstić information content (AvgIpc) is 2.42. The molecule has 1 heterocycles. The van der Waals surface area contributed by atoms with Crippen LogP contribution in [0.25, 0.3) is 0 Å². The first-order valence-corrected chi connectivity index (χ1v) is 6.45. The van der Waals surface area contributed by atoms with Gasteiger partial charge in [-0.15, -0.1) is 0 Å². The van der Waals surface area contributed by atoms with Crippen LogP contribution in [0, 0.1) is 26.6 Å². The molecule has 6 heteroatoms. The summed E-state index contributed by atoms with van der Waals surface area (Å²) in [5.74, 6) is -0.905. The normalized spacial score (nSPS) is 10.5. The number of anilines is 1. The van der Waals surface area contributed by atoms with E-state index in [0.717, 1.165) is 5.56 Å². The van der Waals surface area contributed by atoms with Crippen molar-refractivity contribution in [3.05, 3.63) is 52.1 Å². The molecule has 0 spiro atoms. The minimum Gasteiger partial charge on any atom is -0.478 e. The number of carboxylic acid groups (broad SMARTS) is 1. The third-order valence-electron chi connectivity index (χ3n) is 3.16. The number of aromatic nitrogens is 2. The lowest BCUT2D eigenvalue weighted by atomic mass is 10.1. The lowest BCUT2D eigenvalue weighted by molar-refractivity contribution is 0.0695. The first-order valence-electron chi connectivity index (χ1n) is 6.45. The predicted octanol–water partition coefficient (Wildman–Crippen LogP) is 2.85. The molecule has 0 atom stereocenters. The molecule has 2 N–H and O–H groups in total. The van der Waals surface area contributed by atoms with Gasteiger partial charge < -0.3 is 10.4 Å². The molecule has 2 rings (SSSR count). The molecule has 0 radical (unpaired) electrons. The van der Waals surface area contributed by atoms with Gasteiger partial charge in [-0.3, -0.25) is 0 Å². The van der Waals surface area contributed by atoms with Crippen LogP contribution < -0.4 is 5.32 Å². The van der Waals surface area contributed by atoms with Gasteiger partial charge in [0.2, 0.25) is 5.95 Å². The van der Waals surface area contributed by atoms with Gasteiger partial charge in [-0.05, 0) is 37.5 Å². The van der Waals surface area contributed by atoms with Gasteiger partial charge in [-0.2, -0.15) is 0 Å². The zero-order valence-electron chi connectivity index (χ0n) is 12.1. The van der Waals surface area contributed by atoms with Crippen molar-refractivity contribution in [2.45, 2.75) is 27.3 Å². The van der Waals surface area contributed by atoms with E-state index in [1.807, 2.05) is 0 Å². The van der Waals surface area contributed by atoms with Gasteiger partial charge in [0.1, 0.15) is 5.82 Å². The maximum absolute atomic E-state index is 13.5. The first kappa shape index (κ1) is 14.9. The second kappa shape index (κ2) is 5.87. The third kappa shape index (κ3) is 3.34. The van der Waals surface area contributed by atoms with E-state index >= 15 is 0 Å². The van der Waals surface area contributed by atoms with Crippen LogP contribution in [0.2, 0.25) is 0 Å². The van der Waals surface area contributed by atoms with Crippen LogP contribution >= 0.6 is 0 Å². The highest BCUT2D eigenvalue weighted by Gasteiger charge is 2.10. The Hall–Kier alpha value is -2.50. The summed E-state index contributed by atoms with van der Waals surface area (Å²) in [6.45, 7) is 5.48. The van der Waals surface area contributed by atoms with Crippen molar-refractivity contribution in [1.82, 2.24) is 9.97 Å². The summed E-state index contributed by atoms with van der Waals surface area (Å²) in [6, 6.07) is 3.52. The van der Waals surface area contributed by atoms with Crippen molar-refractivity contribution in [2.24, 2.45) is 0 Å². The second-order valence-corrected chi connectivity index (χ2v) is 4.89. The Morgan fingerprint density at radius 3 is 2.43 bits per heavy atom. The van der Waals surface area contributed by atoms with Crippen molar-refractivity contribution < 1.29 is 14.3 Å². The number of aromatic carboxylic acids is 1. The maximum Gasteiger partial charge on any atom is 0.339 e. The van der Waals surface area contributed by atoms with E-state index in [1.54, 1.807) is 32.9 Å². The van der Waals surface area contributed by atoms with E-state index in [-0.39, 0.29) is 11.4 Å². The molecule has 0 aliphatic heterocycles. The fourth-order valence-electron chi connectivity index (χ4n) is 2.08. The van der Waals surface area contributed by atoms with E-state index in [0.29, 0.717) is 29.3 Å². The SMILES string of the molecule is Cc1cc(CNc2ncc(C(=O)O)c(C)n2)cc(C)c1F. The van der Waals surface area contributed by atoms with Gasteiger partial charge in [0.25, 0.3) is 0 Å². The van der Waals surface area contributed by atoms with Gasteiger partial charge in [-0.1, -0.05) is 12.1 Å². The molecule has 0 aliphatic carbocycles. The average molecular weight is 289 g/mol. The number of carbonyl (C=O) groups is 1. The number of carboxylic acids is 1. The van der Waals surface area contributed by atoms with Crippen molar-refractivity contribution in [3.63, 3.8) is 0 Å². The Labute approximate surface area is 121 Å². The molecule has 21 heavy (non-hydrogen) atoms. The topological polar surface area (TPSA) is 75.1 Å². The Bertz CT molecular complexity index is 678. The molecular weight excluding hydrogens is 273 g/mol. The van der Waals surface area contributed by atoms with Crippen LogP contribution in [0.3, 0.4) is 0 Å². The van der Waals surface area contributed by atoms with Crippen molar-refractivity contribution in [3.8, 4) is 0 Å². The fraction of sp³-hybridized carbons (Fsp3) is 0.267. The Balaban J connectivity index is 2.13. The summed E-state index contributed by atoms with van der Waals surface area (Å²) in [6.07, 6.45) is 1.27. The lowest BCUT2D eigenvalue weighted by Gasteiger charge is -2.09. The summed E-state index contributed by atoms with van der Waals surface area (Å²) in [5.41, 5.74) is 2.56. The molecule has 0 fully saturated rings. The molecule has 1 aromatic carbocycles. The quantitative estimate of drug-likeness (QED) is 0.905. The summed E-state index contributed by atoms with van der Waals surface area (Å²) < 4.78 is 13.5. The molecule has 0 saturated carbocycles. The number of nitrogens with zero attached hydrogens (tertiary/aromatic N) is 2. The van der Waals surface area contributed by atoms with Crippen molar-refractivity contribution in [1.29, 1.82) is 0 Å². The third-order valence-corrected chi connectivity index (χ3v) is 3.16. The fourth-order valence-corrected chi connectivity index (χ4v) is 2.08. The Morgan fingerprint density at radius 2 is 1.90 bits per heavy atom. The highest BCUT2D eigenvalue weighted by molar-refractivity contribution is 5.88. The number of nitrogens with one attached hydrogen (secondary N) is 1. The maximum atomic E-state index is 13.5. The van der Waals surface area contributed by atoms with Crippen LogP contribution in [0.1, 0.15) is 32.7 Å². The van der Waals surface area contributed by atoms with Gasteiger partial charge in [0.05, 0.1) is 11.3 Å². The molecule has 0 saturated heterocycles. The minimum absolute atomic E-state index is 0.0778. The lowest BCUT2D eigenvalue weighted by Crippen LogP contribution is -2.09. The predicted molar refractivity (Wildman–Crippen MR) is 76.9 cm³/mol. The smallest absolute Gasteiger partial charge is 0.339 e. The van der Waals surface area contributed by atoms with Crippen molar-refractivity contribution in [2.75, 3.05) is 5.32 Å². The van der Waals surface area contributed by atoms with Crippen LogP contribution in [0.5, 0.6) is 0 Å². The van der Waals surface area contributed by atoms with Gasteiger partial charge in [-0.25, -0.2) is 19.2 Å². The van der Waals surface area contributed by atoms with E-state index in [2.05, 4.69) is 15.3 Å². The molecule has 0 bridgehead atoms. The number of rotatable bonds is 4. The molecule has 0 aliphatic rings. The van der Waals surface area contributed by atoms with Crippen LogP contribution in [0.15, 0.2) is 18.3 Å². The molecule has 0 amide bonds. The molecule has 110 valence electrons. The number of hydrogen-bond acceptors (Lipinski definition) is 4. The number of benzene rings is 1. The molecule has 1 aromatic heterocycles. The highest BCUT2D eigenvalue weighted by atomic mass is 19.1. The van der Waals surface area contributed by atoms with Crippen molar-refractivity contribution >= 4 is 11.9 Å². The summed E-state index contributed by atoms with van der Waals surface area (Å²) in [7, 11) is 0. The Kier molecular flexibility index (Phi) is 4.16. The van der Waals surface area contributed by atoms with E-state index in [1.165, 1.54) is 6.20 Å². The van der Waals surface area contributed by atoms with Gasteiger partial charge in [0.15, 0.2) is 0 Å². The summed E-state index contributed by atoms with van der Waals surface area (Å²) in [5, 5.41) is 11.9. The highest BCUT2D eigenvalue weighted by Crippen LogP contribution is 2.15. The zero-order valence-corrected chi connectivity index (χ0v) is 12.1. The Morgan fingerprint density at radius 1 is 1.29 bits per heavy atom. The largest absolute Gasteiger partial charge is 0.478 e. The number of hydrogen-bond donors (Lipinski definition) is 2. The van der Waals surface area contributed by atoms with Gasteiger partial charge in [0, 0.05) is 12.7 Å². The monoisotopic (exact) mass is 289 g/mol. The first-order chi connectivity index (χ1) is 9.88. The van der Waals surface area contributed by atoms with E-state index < -0.39 is 5.97 Å². The van der Waals surface area contributed by atoms with Gasteiger partial charge >= 0.3 is 5.97 Å². The molecule has 0 unspecified atom stereocenters. The summed E-state index contributed by atoms with van der Waals surface area (Å²) in [4.78, 5) is 18.9. The second-order valence-electron chi connectivity index (χ2n) is 4.89. The van der Waals surface area contributed by atoms with Crippen LogP contribution in [-0.2, 0) is 6.54 Å². The number of halogens is 1. The minimum atomic E-state index is -1.05.